The molecule has 2 rings (SSSR count). The number of hydrogen-bond donors (Lipinski definition) is 1. The molecule has 2 heterocycles. The smallest absolute Gasteiger partial charge is 0.144 e. The number of ketones is 1. The third kappa shape index (κ3) is 2.19. The molecule has 1 aliphatic heterocycles. The first-order valence-electron chi connectivity index (χ1n) is 6.42. The molecule has 1 saturated heterocycles. The van der Waals surface area contributed by atoms with Gasteiger partial charge in [-0.2, -0.15) is 5.10 Å². The van der Waals surface area contributed by atoms with Crippen LogP contribution in [0.15, 0.2) is 0 Å². The highest BCUT2D eigenvalue weighted by atomic mass is 35.5. The standard InChI is InChI=1S/C13H20ClN3O/c1-4-13(5-6-15-8-13)11(18)7-10-9(2)16-17(3)12(10)14/h15H,4-8H2,1-3H3. The van der Waals surface area contributed by atoms with E-state index >= 15 is 0 Å². The Labute approximate surface area is 113 Å². The number of carbonyl (C=O) groups is 1. The number of rotatable bonds is 4. The van der Waals surface area contributed by atoms with Gasteiger partial charge in [-0.25, -0.2) is 0 Å². The first-order chi connectivity index (χ1) is 8.50. The molecule has 0 spiro atoms. The highest BCUT2D eigenvalue weighted by molar-refractivity contribution is 6.30. The van der Waals surface area contributed by atoms with Crippen LogP contribution in [0.2, 0.25) is 5.15 Å². The molecule has 0 aromatic carbocycles. The number of halogens is 1. The number of hydrogen-bond acceptors (Lipinski definition) is 3. The molecule has 1 unspecified atom stereocenters. The maximum atomic E-state index is 12.5. The van der Waals surface area contributed by atoms with E-state index in [2.05, 4.69) is 17.3 Å². The zero-order chi connectivity index (χ0) is 13.3. The van der Waals surface area contributed by atoms with Crippen molar-refractivity contribution in [1.29, 1.82) is 0 Å². The number of aromatic nitrogens is 2. The van der Waals surface area contributed by atoms with E-state index < -0.39 is 0 Å². The molecular formula is C13H20ClN3O. The Morgan fingerprint density at radius 1 is 1.61 bits per heavy atom. The summed E-state index contributed by atoms with van der Waals surface area (Å²) < 4.78 is 1.63. The summed E-state index contributed by atoms with van der Waals surface area (Å²) >= 11 is 6.19. The van der Waals surface area contributed by atoms with Gasteiger partial charge in [0.05, 0.1) is 5.69 Å². The third-order valence-corrected chi connectivity index (χ3v) is 4.59. The summed E-state index contributed by atoms with van der Waals surface area (Å²) in [6.07, 6.45) is 2.21. The van der Waals surface area contributed by atoms with Gasteiger partial charge >= 0.3 is 0 Å². The minimum absolute atomic E-state index is 0.203. The van der Waals surface area contributed by atoms with Crippen molar-refractivity contribution >= 4 is 17.4 Å². The Bertz CT molecular complexity index is 461. The molecule has 0 amide bonds. The predicted molar refractivity (Wildman–Crippen MR) is 71.9 cm³/mol. The SMILES string of the molecule is CCC1(C(=O)Cc2c(C)nn(C)c2Cl)CCNC1. The van der Waals surface area contributed by atoms with Crippen molar-refractivity contribution in [2.75, 3.05) is 13.1 Å². The first kappa shape index (κ1) is 13.6. The van der Waals surface area contributed by atoms with Crippen molar-refractivity contribution in [2.24, 2.45) is 12.5 Å². The van der Waals surface area contributed by atoms with Crippen LogP contribution in [0.3, 0.4) is 0 Å². The molecule has 1 atom stereocenters. The van der Waals surface area contributed by atoms with Gasteiger partial charge in [-0.3, -0.25) is 9.48 Å². The van der Waals surface area contributed by atoms with Crippen LogP contribution in [-0.2, 0) is 18.3 Å². The molecule has 5 heteroatoms. The fourth-order valence-electron chi connectivity index (χ4n) is 2.70. The van der Waals surface area contributed by atoms with Crippen LogP contribution in [0.4, 0.5) is 0 Å². The lowest BCUT2D eigenvalue weighted by Crippen LogP contribution is -2.34. The summed E-state index contributed by atoms with van der Waals surface area (Å²) in [7, 11) is 1.80. The molecule has 1 aromatic rings. The maximum absolute atomic E-state index is 12.5. The van der Waals surface area contributed by atoms with Crippen LogP contribution < -0.4 is 5.32 Å². The summed E-state index contributed by atoms with van der Waals surface area (Å²) in [5.41, 5.74) is 1.53. The van der Waals surface area contributed by atoms with Crippen molar-refractivity contribution in [3.63, 3.8) is 0 Å². The van der Waals surface area contributed by atoms with Crippen molar-refractivity contribution in [2.45, 2.75) is 33.1 Å². The Balaban J connectivity index is 2.21. The summed E-state index contributed by atoms with van der Waals surface area (Å²) in [5.74, 6) is 0.285. The first-order valence-corrected chi connectivity index (χ1v) is 6.80. The lowest BCUT2D eigenvalue weighted by Gasteiger charge is -2.24. The molecule has 100 valence electrons. The zero-order valence-corrected chi connectivity index (χ0v) is 12.0. The van der Waals surface area contributed by atoms with Crippen LogP contribution in [0.25, 0.3) is 0 Å². The van der Waals surface area contributed by atoms with Crippen molar-refractivity contribution < 1.29 is 4.79 Å². The van der Waals surface area contributed by atoms with Gasteiger partial charge in [0.1, 0.15) is 10.9 Å². The van der Waals surface area contributed by atoms with Crippen LogP contribution in [0.5, 0.6) is 0 Å². The predicted octanol–water partition coefficient (Wildman–Crippen LogP) is 1.88. The maximum Gasteiger partial charge on any atom is 0.144 e. The van der Waals surface area contributed by atoms with E-state index in [9.17, 15) is 4.79 Å². The lowest BCUT2D eigenvalue weighted by atomic mass is 9.78. The lowest BCUT2D eigenvalue weighted by molar-refractivity contribution is -0.127. The number of nitrogens with one attached hydrogen (secondary N) is 1. The highest BCUT2D eigenvalue weighted by Gasteiger charge is 2.39. The average molecular weight is 270 g/mol. The molecule has 18 heavy (non-hydrogen) atoms. The highest BCUT2D eigenvalue weighted by Crippen LogP contribution is 2.33. The van der Waals surface area contributed by atoms with Gasteiger partial charge in [-0.1, -0.05) is 18.5 Å². The minimum atomic E-state index is -0.203. The monoisotopic (exact) mass is 269 g/mol. The Morgan fingerprint density at radius 2 is 2.33 bits per heavy atom. The van der Waals surface area contributed by atoms with Crippen molar-refractivity contribution in [3.8, 4) is 0 Å². The van der Waals surface area contributed by atoms with Crippen molar-refractivity contribution in [1.82, 2.24) is 15.1 Å². The normalized spacial score (nSPS) is 23.6. The van der Waals surface area contributed by atoms with E-state index in [1.54, 1.807) is 11.7 Å². The zero-order valence-electron chi connectivity index (χ0n) is 11.2. The molecule has 1 fully saturated rings. The number of aryl methyl sites for hydroxylation is 2. The van der Waals surface area contributed by atoms with E-state index in [-0.39, 0.29) is 11.2 Å². The average Bonchev–Trinajstić information content (AvgIpc) is 2.91. The van der Waals surface area contributed by atoms with Gasteiger partial charge in [-0.15, -0.1) is 0 Å². The van der Waals surface area contributed by atoms with Crippen LogP contribution in [0.1, 0.15) is 31.0 Å². The van der Waals surface area contributed by atoms with Gasteiger partial charge in [0.2, 0.25) is 0 Å². The second kappa shape index (κ2) is 5.02. The van der Waals surface area contributed by atoms with Gasteiger partial charge in [0.25, 0.3) is 0 Å². The topological polar surface area (TPSA) is 46.9 Å². The summed E-state index contributed by atoms with van der Waals surface area (Å²) in [6.45, 7) is 5.71. The van der Waals surface area contributed by atoms with E-state index in [1.807, 2.05) is 6.92 Å². The van der Waals surface area contributed by atoms with Crippen LogP contribution in [0, 0.1) is 12.3 Å². The Hall–Kier alpha value is -0.870. The summed E-state index contributed by atoms with van der Waals surface area (Å²) in [4.78, 5) is 12.5. The Kier molecular flexibility index (Phi) is 3.78. The minimum Gasteiger partial charge on any atom is -0.316 e. The largest absolute Gasteiger partial charge is 0.316 e. The molecular weight excluding hydrogens is 250 g/mol. The third-order valence-electron chi connectivity index (χ3n) is 4.12. The van der Waals surface area contributed by atoms with E-state index in [4.69, 9.17) is 11.6 Å². The second-order valence-electron chi connectivity index (χ2n) is 5.14. The van der Waals surface area contributed by atoms with E-state index in [0.717, 1.165) is 37.2 Å². The second-order valence-corrected chi connectivity index (χ2v) is 5.50. The van der Waals surface area contributed by atoms with Gasteiger partial charge in [0.15, 0.2) is 0 Å². The molecule has 1 aliphatic rings. The molecule has 0 radical (unpaired) electrons. The fraction of sp³-hybridized carbons (Fsp3) is 0.692. The van der Waals surface area contributed by atoms with Gasteiger partial charge < -0.3 is 5.32 Å². The molecule has 1 aromatic heterocycles. The van der Waals surface area contributed by atoms with Crippen molar-refractivity contribution in [3.05, 3.63) is 16.4 Å². The Morgan fingerprint density at radius 3 is 2.78 bits per heavy atom. The molecule has 0 saturated carbocycles. The molecule has 4 nitrogen and oxygen atoms in total. The van der Waals surface area contributed by atoms with E-state index in [0.29, 0.717) is 11.6 Å². The number of nitrogens with zero attached hydrogens (tertiary/aromatic N) is 2. The molecule has 1 N–H and O–H groups in total. The summed E-state index contributed by atoms with van der Waals surface area (Å²) in [6, 6.07) is 0. The van der Waals surface area contributed by atoms with Gasteiger partial charge in [-0.05, 0) is 26.3 Å². The van der Waals surface area contributed by atoms with Crippen LogP contribution in [-0.4, -0.2) is 28.7 Å². The molecule has 0 aliphatic carbocycles. The van der Waals surface area contributed by atoms with Gasteiger partial charge in [0, 0.05) is 31.0 Å². The molecule has 0 bridgehead atoms. The van der Waals surface area contributed by atoms with E-state index in [1.165, 1.54) is 0 Å². The number of carbonyl (C=O) groups excluding carboxylic acids is 1. The number of Topliss-reactive ketones (excluding diaryl/α,β-unsaturated/α-hetero) is 1. The van der Waals surface area contributed by atoms with Crippen LogP contribution >= 0.6 is 11.6 Å². The summed E-state index contributed by atoms with van der Waals surface area (Å²) in [5, 5.41) is 8.13. The fourth-order valence-corrected chi connectivity index (χ4v) is 2.94. The quantitative estimate of drug-likeness (QED) is 0.908.